The maximum absolute atomic E-state index is 10.8. The van der Waals surface area contributed by atoms with Crippen molar-refractivity contribution in [1.82, 2.24) is 4.98 Å². The van der Waals surface area contributed by atoms with Crippen molar-refractivity contribution in [3.8, 4) is 0 Å². The van der Waals surface area contributed by atoms with E-state index in [1.165, 1.54) is 12.4 Å². The fourth-order valence-electron chi connectivity index (χ4n) is 1.45. The normalized spacial score (nSPS) is 11.2. The minimum Gasteiger partial charge on any atom is -0.378 e. The molecule has 94 valence electrons. The van der Waals surface area contributed by atoms with Crippen LogP contribution in [0.1, 0.15) is 26.7 Å². The predicted molar refractivity (Wildman–Crippen MR) is 66.9 cm³/mol. The second-order valence-electron chi connectivity index (χ2n) is 4.07. The summed E-state index contributed by atoms with van der Waals surface area (Å²) in [6.45, 7) is 4.52. The molecule has 0 saturated heterocycles. The first-order valence-corrected chi connectivity index (χ1v) is 5.63. The molecule has 0 atom stereocenters. The van der Waals surface area contributed by atoms with Gasteiger partial charge in [-0.25, -0.2) is 0 Å². The van der Waals surface area contributed by atoms with Crippen LogP contribution in [0.2, 0.25) is 0 Å². The van der Waals surface area contributed by atoms with Gasteiger partial charge < -0.3 is 11.1 Å². The number of hydrogen-bond acceptors (Lipinski definition) is 5. The van der Waals surface area contributed by atoms with Crippen LogP contribution >= 0.6 is 0 Å². The van der Waals surface area contributed by atoms with Crippen LogP contribution in [-0.2, 0) is 0 Å². The quantitative estimate of drug-likeness (QED) is 0.583. The summed E-state index contributed by atoms with van der Waals surface area (Å²) in [5.74, 6) is 0. The highest BCUT2D eigenvalue weighted by Crippen LogP contribution is 2.23. The molecule has 0 bridgehead atoms. The molecule has 0 radical (unpaired) electrons. The summed E-state index contributed by atoms with van der Waals surface area (Å²) in [7, 11) is 0. The monoisotopic (exact) mass is 238 g/mol. The van der Waals surface area contributed by atoms with E-state index in [2.05, 4.69) is 10.3 Å². The summed E-state index contributed by atoms with van der Waals surface area (Å²) in [6.07, 6.45) is 4.38. The average Bonchev–Trinajstić information content (AvgIpc) is 2.36. The second-order valence-corrected chi connectivity index (χ2v) is 4.07. The summed E-state index contributed by atoms with van der Waals surface area (Å²) in [4.78, 5) is 14.1. The van der Waals surface area contributed by atoms with Gasteiger partial charge in [0.1, 0.15) is 11.9 Å². The van der Waals surface area contributed by atoms with Gasteiger partial charge in [-0.2, -0.15) is 0 Å². The number of hydrogen-bond donors (Lipinski definition) is 2. The zero-order chi connectivity index (χ0) is 12.9. The highest BCUT2D eigenvalue weighted by molar-refractivity contribution is 5.59. The van der Waals surface area contributed by atoms with Crippen LogP contribution in [0.15, 0.2) is 18.5 Å². The van der Waals surface area contributed by atoms with Gasteiger partial charge in [0.15, 0.2) is 0 Å². The summed E-state index contributed by atoms with van der Waals surface area (Å²) in [6, 6.07) is 1.59. The van der Waals surface area contributed by atoms with E-state index in [1.54, 1.807) is 6.07 Å². The van der Waals surface area contributed by atoms with Crippen LogP contribution in [0.25, 0.3) is 0 Å². The van der Waals surface area contributed by atoms with Crippen molar-refractivity contribution in [2.75, 3.05) is 11.9 Å². The second kappa shape index (κ2) is 5.58. The molecule has 0 spiro atoms. The third-order valence-corrected chi connectivity index (χ3v) is 3.04. The van der Waals surface area contributed by atoms with Crippen molar-refractivity contribution in [3.63, 3.8) is 0 Å². The van der Waals surface area contributed by atoms with Gasteiger partial charge in [-0.15, -0.1) is 0 Å². The molecule has 0 aliphatic heterocycles. The first kappa shape index (κ1) is 13.4. The predicted octanol–water partition coefficient (Wildman–Crippen LogP) is 1.92. The minimum atomic E-state index is -0.453. The molecule has 0 unspecified atom stereocenters. The molecule has 6 nitrogen and oxygen atoms in total. The lowest BCUT2D eigenvalue weighted by Crippen LogP contribution is -2.45. The molecule has 0 fully saturated rings. The lowest BCUT2D eigenvalue weighted by molar-refractivity contribution is -0.384. The fourth-order valence-corrected chi connectivity index (χ4v) is 1.45. The van der Waals surface area contributed by atoms with Crippen molar-refractivity contribution in [2.45, 2.75) is 32.2 Å². The Balaban J connectivity index is 2.79. The van der Waals surface area contributed by atoms with E-state index in [0.29, 0.717) is 12.2 Å². The molecule has 3 N–H and O–H groups in total. The molecule has 1 rings (SSSR count). The molecule has 1 heterocycles. The van der Waals surface area contributed by atoms with Gasteiger partial charge in [-0.1, -0.05) is 13.8 Å². The van der Waals surface area contributed by atoms with Gasteiger partial charge in [-0.3, -0.25) is 15.1 Å². The van der Waals surface area contributed by atoms with Gasteiger partial charge in [-0.05, 0) is 18.9 Å². The Morgan fingerprint density at radius 3 is 2.71 bits per heavy atom. The molecule has 1 aromatic heterocycles. The summed E-state index contributed by atoms with van der Waals surface area (Å²) in [5.41, 5.74) is 6.22. The van der Waals surface area contributed by atoms with Gasteiger partial charge >= 0.3 is 5.69 Å². The number of nitrogens with two attached hydrogens (primary N) is 1. The molecule has 6 heteroatoms. The smallest absolute Gasteiger partial charge is 0.310 e. The number of anilines is 1. The lowest BCUT2D eigenvalue weighted by atomic mass is 9.94. The minimum absolute atomic E-state index is 0.0259. The topological polar surface area (TPSA) is 94.1 Å². The Kier molecular flexibility index (Phi) is 4.39. The number of pyridine rings is 1. The molecular formula is C11H18N4O2. The van der Waals surface area contributed by atoms with E-state index in [4.69, 9.17) is 5.73 Å². The Morgan fingerprint density at radius 2 is 2.18 bits per heavy atom. The summed E-state index contributed by atoms with van der Waals surface area (Å²) >= 11 is 0. The van der Waals surface area contributed by atoms with Crippen molar-refractivity contribution >= 4 is 11.4 Å². The maximum atomic E-state index is 10.8. The highest BCUT2D eigenvalue weighted by Gasteiger charge is 2.21. The number of rotatable bonds is 6. The standard InChI is InChI=1S/C11H18N4O2/c1-3-11(12,4-2)8-14-9-5-6-13-7-10(9)15(16)17/h5-7H,3-4,8,12H2,1-2H3,(H,13,14). The van der Waals surface area contributed by atoms with E-state index in [1.807, 2.05) is 13.8 Å². The first-order chi connectivity index (χ1) is 8.02. The largest absolute Gasteiger partial charge is 0.378 e. The van der Waals surface area contributed by atoms with Crippen LogP contribution in [-0.4, -0.2) is 22.0 Å². The SMILES string of the molecule is CCC(N)(CC)CNc1ccncc1[N+](=O)[O-]. The lowest BCUT2D eigenvalue weighted by Gasteiger charge is -2.27. The molecular weight excluding hydrogens is 220 g/mol. The fraction of sp³-hybridized carbons (Fsp3) is 0.545. The molecule has 0 aliphatic carbocycles. The maximum Gasteiger partial charge on any atom is 0.310 e. The highest BCUT2D eigenvalue weighted by atomic mass is 16.6. The number of nitrogens with zero attached hydrogens (tertiary/aromatic N) is 2. The zero-order valence-corrected chi connectivity index (χ0v) is 10.1. The molecule has 17 heavy (non-hydrogen) atoms. The van der Waals surface area contributed by atoms with Crippen LogP contribution in [0, 0.1) is 10.1 Å². The van der Waals surface area contributed by atoms with Crippen molar-refractivity contribution in [2.24, 2.45) is 5.73 Å². The van der Waals surface area contributed by atoms with E-state index in [0.717, 1.165) is 12.8 Å². The van der Waals surface area contributed by atoms with Crippen molar-refractivity contribution < 1.29 is 4.92 Å². The van der Waals surface area contributed by atoms with E-state index < -0.39 is 4.92 Å². The van der Waals surface area contributed by atoms with Crippen LogP contribution in [0.5, 0.6) is 0 Å². The molecule has 1 aromatic rings. The van der Waals surface area contributed by atoms with E-state index >= 15 is 0 Å². The molecule has 0 aliphatic rings. The Bertz CT molecular complexity index is 391. The first-order valence-electron chi connectivity index (χ1n) is 5.63. The average molecular weight is 238 g/mol. The van der Waals surface area contributed by atoms with Crippen LogP contribution in [0.3, 0.4) is 0 Å². The molecule has 0 aromatic carbocycles. The van der Waals surface area contributed by atoms with Gasteiger partial charge in [0.05, 0.1) is 4.92 Å². The third kappa shape index (κ3) is 3.39. The Hall–Kier alpha value is -1.69. The van der Waals surface area contributed by atoms with Crippen molar-refractivity contribution in [1.29, 1.82) is 0 Å². The third-order valence-electron chi connectivity index (χ3n) is 3.04. The van der Waals surface area contributed by atoms with E-state index in [-0.39, 0.29) is 11.2 Å². The zero-order valence-electron chi connectivity index (χ0n) is 10.1. The van der Waals surface area contributed by atoms with E-state index in [9.17, 15) is 10.1 Å². The Morgan fingerprint density at radius 1 is 1.53 bits per heavy atom. The van der Waals surface area contributed by atoms with Crippen LogP contribution in [0.4, 0.5) is 11.4 Å². The number of nitro groups is 1. The van der Waals surface area contributed by atoms with Gasteiger partial charge in [0.2, 0.25) is 0 Å². The number of aromatic nitrogens is 1. The molecule has 0 amide bonds. The summed E-state index contributed by atoms with van der Waals surface area (Å²) in [5, 5.41) is 13.8. The summed E-state index contributed by atoms with van der Waals surface area (Å²) < 4.78 is 0. The van der Waals surface area contributed by atoms with Gasteiger partial charge in [0, 0.05) is 18.3 Å². The van der Waals surface area contributed by atoms with Crippen molar-refractivity contribution in [3.05, 3.63) is 28.6 Å². The Labute approximate surface area is 100 Å². The van der Waals surface area contributed by atoms with Crippen LogP contribution < -0.4 is 11.1 Å². The molecule has 0 saturated carbocycles. The number of nitrogens with one attached hydrogen (secondary N) is 1. The van der Waals surface area contributed by atoms with Gasteiger partial charge in [0.25, 0.3) is 0 Å².